The molecule has 0 aromatic rings. The minimum absolute atomic E-state index is 0.374. The van der Waals surface area contributed by atoms with Crippen LogP contribution in [0.1, 0.15) is 46.0 Å². The van der Waals surface area contributed by atoms with Crippen molar-refractivity contribution in [2.24, 2.45) is 0 Å². The minimum Gasteiger partial charge on any atom is -0.382 e. The van der Waals surface area contributed by atoms with Crippen molar-refractivity contribution in [1.82, 2.24) is 5.32 Å². The van der Waals surface area contributed by atoms with Gasteiger partial charge in [0.2, 0.25) is 0 Å². The molecule has 0 radical (unpaired) electrons. The molecule has 0 aliphatic heterocycles. The van der Waals surface area contributed by atoms with E-state index in [2.05, 4.69) is 19.2 Å². The Morgan fingerprint density at radius 2 is 2.00 bits per heavy atom. The van der Waals surface area contributed by atoms with E-state index in [-0.39, 0.29) is 0 Å². The van der Waals surface area contributed by atoms with Gasteiger partial charge in [0.25, 0.3) is 0 Å². The number of hydrogen-bond acceptors (Lipinski definition) is 2. The highest BCUT2D eigenvalue weighted by Gasteiger charge is 2.09. The highest BCUT2D eigenvalue weighted by Crippen LogP contribution is 2.09. The van der Waals surface area contributed by atoms with Crippen LogP contribution in [-0.2, 0) is 4.74 Å². The van der Waals surface area contributed by atoms with Crippen LogP contribution in [0.25, 0.3) is 0 Å². The van der Waals surface area contributed by atoms with Crippen LogP contribution in [-0.4, -0.2) is 26.3 Å². The maximum Gasteiger partial charge on any atom is 0.0558 e. The van der Waals surface area contributed by atoms with Crippen LogP contribution in [0.5, 0.6) is 0 Å². The van der Waals surface area contributed by atoms with Crippen LogP contribution in [0.4, 0.5) is 0 Å². The van der Waals surface area contributed by atoms with Crippen molar-refractivity contribution in [3.63, 3.8) is 0 Å². The first-order valence-corrected chi connectivity index (χ1v) is 5.44. The van der Waals surface area contributed by atoms with Crippen LogP contribution in [0.3, 0.4) is 0 Å². The molecule has 80 valence electrons. The van der Waals surface area contributed by atoms with Crippen molar-refractivity contribution in [3.8, 4) is 0 Å². The maximum atomic E-state index is 5.25. The molecule has 0 rings (SSSR count). The number of ether oxygens (including phenoxy) is 1. The zero-order valence-corrected chi connectivity index (χ0v) is 9.60. The van der Waals surface area contributed by atoms with E-state index >= 15 is 0 Å². The van der Waals surface area contributed by atoms with E-state index in [9.17, 15) is 0 Å². The van der Waals surface area contributed by atoms with Crippen molar-refractivity contribution in [2.45, 2.75) is 58.1 Å². The summed E-state index contributed by atoms with van der Waals surface area (Å²) in [5, 5.41) is 3.35. The van der Waals surface area contributed by atoms with Crippen molar-refractivity contribution >= 4 is 0 Å². The number of unbranched alkanes of at least 4 members (excludes halogenated alkanes) is 2. The third-order valence-electron chi connectivity index (χ3n) is 2.58. The summed E-state index contributed by atoms with van der Waals surface area (Å²) in [6, 6.07) is 0.626. The Balaban J connectivity index is 3.50. The lowest BCUT2D eigenvalue weighted by molar-refractivity contribution is 0.0999. The van der Waals surface area contributed by atoms with Gasteiger partial charge in [0.15, 0.2) is 0 Å². The van der Waals surface area contributed by atoms with Gasteiger partial charge in [-0.1, -0.05) is 26.2 Å². The molecule has 1 N–H and O–H groups in total. The molecule has 2 nitrogen and oxygen atoms in total. The molecule has 0 spiro atoms. The minimum atomic E-state index is 0.374. The second-order valence-electron chi connectivity index (χ2n) is 3.76. The Morgan fingerprint density at radius 3 is 2.46 bits per heavy atom. The molecule has 2 heteroatoms. The van der Waals surface area contributed by atoms with Crippen LogP contribution in [0.15, 0.2) is 0 Å². The van der Waals surface area contributed by atoms with E-state index in [1.807, 2.05) is 7.05 Å². The second kappa shape index (κ2) is 8.52. The van der Waals surface area contributed by atoms with Crippen molar-refractivity contribution in [3.05, 3.63) is 0 Å². The summed E-state index contributed by atoms with van der Waals surface area (Å²) in [5.74, 6) is 0. The van der Waals surface area contributed by atoms with E-state index in [1.54, 1.807) is 7.11 Å². The number of hydrogen-bond donors (Lipinski definition) is 1. The molecule has 0 bridgehead atoms. The molecule has 0 amide bonds. The molecule has 13 heavy (non-hydrogen) atoms. The van der Waals surface area contributed by atoms with Crippen LogP contribution < -0.4 is 5.32 Å². The molecule has 0 fully saturated rings. The first-order valence-electron chi connectivity index (χ1n) is 5.44. The molecule has 2 unspecified atom stereocenters. The lowest BCUT2D eigenvalue weighted by Crippen LogP contribution is -2.29. The summed E-state index contributed by atoms with van der Waals surface area (Å²) in [4.78, 5) is 0. The lowest BCUT2D eigenvalue weighted by Gasteiger charge is -2.19. The summed E-state index contributed by atoms with van der Waals surface area (Å²) in [7, 11) is 3.82. The smallest absolute Gasteiger partial charge is 0.0558 e. The fourth-order valence-corrected chi connectivity index (χ4v) is 1.52. The molecule has 0 aliphatic rings. The Hall–Kier alpha value is -0.0800. The highest BCUT2D eigenvalue weighted by molar-refractivity contribution is 4.68. The Labute approximate surface area is 83.1 Å². The first-order chi connectivity index (χ1) is 6.24. The van der Waals surface area contributed by atoms with Gasteiger partial charge in [-0.15, -0.1) is 0 Å². The van der Waals surface area contributed by atoms with Crippen LogP contribution in [0, 0.1) is 0 Å². The number of rotatable bonds is 8. The van der Waals surface area contributed by atoms with Gasteiger partial charge in [0.1, 0.15) is 0 Å². The van der Waals surface area contributed by atoms with E-state index in [0.29, 0.717) is 12.1 Å². The average Bonchev–Trinajstić information content (AvgIpc) is 2.16. The van der Waals surface area contributed by atoms with Gasteiger partial charge in [0.05, 0.1) is 6.10 Å². The number of nitrogens with one attached hydrogen (secondary N) is 1. The molecule has 2 atom stereocenters. The van der Waals surface area contributed by atoms with E-state index in [4.69, 9.17) is 4.74 Å². The third kappa shape index (κ3) is 7.03. The largest absolute Gasteiger partial charge is 0.382 e. The molecule has 0 aromatic heterocycles. The SMILES string of the molecule is CCCCCC(CC(C)OC)NC. The Kier molecular flexibility index (Phi) is 8.46. The van der Waals surface area contributed by atoms with E-state index in [0.717, 1.165) is 6.42 Å². The van der Waals surface area contributed by atoms with Crippen molar-refractivity contribution in [2.75, 3.05) is 14.2 Å². The maximum absolute atomic E-state index is 5.25. The van der Waals surface area contributed by atoms with E-state index in [1.165, 1.54) is 25.7 Å². The standard InChI is InChI=1S/C11H25NO/c1-5-6-7-8-11(12-3)9-10(2)13-4/h10-12H,5-9H2,1-4H3. The summed E-state index contributed by atoms with van der Waals surface area (Å²) in [6.45, 7) is 4.37. The molecular formula is C11H25NO. The van der Waals surface area contributed by atoms with Gasteiger partial charge in [0, 0.05) is 13.2 Å². The lowest BCUT2D eigenvalue weighted by atomic mass is 10.0. The van der Waals surface area contributed by atoms with Gasteiger partial charge in [-0.2, -0.15) is 0 Å². The number of methoxy groups -OCH3 is 1. The highest BCUT2D eigenvalue weighted by atomic mass is 16.5. The summed E-state index contributed by atoms with van der Waals surface area (Å²) in [6.07, 6.45) is 6.75. The van der Waals surface area contributed by atoms with Gasteiger partial charge in [-0.05, 0) is 26.8 Å². The molecule has 0 aromatic carbocycles. The van der Waals surface area contributed by atoms with Gasteiger partial charge in [-0.3, -0.25) is 0 Å². The van der Waals surface area contributed by atoms with Gasteiger partial charge < -0.3 is 10.1 Å². The summed E-state index contributed by atoms with van der Waals surface area (Å²) in [5.41, 5.74) is 0. The van der Waals surface area contributed by atoms with Gasteiger partial charge >= 0.3 is 0 Å². The average molecular weight is 187 g/mol. The van der Waals surface area contributed by atoms with Crippen molar-refractivity contribution < 1.29 is 4.74 Å². The fraction of sp³-hybridized carbons (Fsp3) is 1.00. The normalized spacial score (nSPS) is 15.7. The molecule has 0 saturated carbocycles. The summed E-state index contributed by atoms with van der Waals surface area (Å²) < 4.78 is 5.25. The molecule has 0 aliphatic carbocycles. The monoisotopic (exact) mass is 187 g/mol. The Morgan fingerprint density at radius 1 is 1.31 bits per heavy atom. The second-order valence-corrected chi connectivity index (χ2v) is 3.76. The van der Waals surface area contributed by atoms with Gasteiger partial charge in [-0.25, -0.2) is 0 Å². The summed E-state index contributed by atoms with van der Waals surface area (Å²) >= 11 is 0. The predicted octanol–water partition coefficient (Wildman–Crippen LogP) is 2.58. The Bertz CT molecular complexity index is 106. The molecule has 0 heterocycles. The molecule has 0 saturated heterocycles. The first kappa shape index (κ1) is 12.9. The zero-order chi connectivity index (χ0) is 10.1. The van der Waals surface area contributed by atoms with Crippen molar-refractivity contribution in [1.29, 1.82) is 0 Å². The topological polar surface area (TPSA) is 21.3 Å². The van der Waals surface area contributed by atoms with Crippen LogP contribution in [0.2, 0.25) is 0 Å². The molecular weight excluding hydrogens is 162 g/mol. The van der Waals surface area contributed by atoms with E-state index < -0.39 is 0 Å². The quantitative estimate of drug-likeness (QED) is 0.590. The zero-order valence-electron chi connectivity index (χ0n) is 9.60. The predicted molar refractivity (Wildman–Crippen MR) is 58.1 cm³/mol. The van der Waals surface area contributed by atoms with Crippen LogP contribution >= 0.6 is 0 Å². The third-order valence-corrected chi connectivity index (χ3v) is 2.58. The fourth-order valence-electron chi connectivity index (χ4n) is 1.52.